The van der Waals surface area contributed by atoms with Gasteiger partial charge in [0.2, 0.25) is 5.91 Å². The van der Waals surface area contributed by atoms with Crippen molar-refractivity contribution < 1.29 is 4.79 Å². The summed E-state index contributed by atoms with van der Waals surface area (Å²) >= 11 is 0. The summed E-state index contributed by atoms with van der Waals surface area (Å²) in [4.78, 5) is 12.5. The Hall–Kier alpha value is -1.39. The lowest BCUT2D eigenvalue weighted by atomic mass is 9.75. The van der Waals surface area contributed by atoms with Gasteiger partial charge in [-0.1, -0.05) is 30.3 Å². The van der Waals surface area contributed by atoms with Crippen LogP contribution < -0.4 is 10.7 Å². The van der Waals surface area contributed by atoms with Crippen LogP contribution in [-0.4, -0.2) is 38.1 Å². The molecular formula is C15H23N3O. The molecule has 0 spiro atoms. The van der Waals surface area contributed by atoms with Crippen molar-refractivity contribution in [2.45, 2.75) is 19.3 Å². The predicted molar refractivity (Wildman–Crippen MR) is 76.5 cm³/mol. The first kappa shape index (κ1) is 14.0. The topological polar surface area (TPSA) is 44.4 Å². The van der Waals surface area contributed by atoms with Crippen LogP contribution in [0.3, 0.4) is 0 Å². The molecule has 4 nitrogen and oxygen atoms in total. The van der Waals surface area contributed by atoms with Crippen molar-refractivity contribution in [2.75, 3.05) is 27.2 Å². The second-order valence-corrected chi connectivity index (χ2v) is 5.56. The van der Waals surface area contributed by atoms with Gasteiger partial charge < -0.3 is 5.32 Å². The molecule has 1 atom stereocenters. The van der Waals surface area contributed by atoms with Crippen molar-refractivity contribution in [1.82, 2.24) is 15.8 Å². The van der Waals surface area contributed by atoms with Crippen LogP contribution in [0.5, 0.6) is 0 Å². The van der Waals surface area contributed by atoms with Crippen molar-refractivity contribution >= 4 is 5.91 Å². The average molecular weight is 261 g/mol. The highest BCUT2D eigenvalue weighted by atomic mass is 16.2. The minimum atomic E-state index is -0.329. The van der Waals surface area contributed by atoms with E-state index in [1.165, 1.54) is 5.56 Å². The zero-order valence-corrected chi connectivity index (χ0v) is 11.8. The van der Waals surface area contributed by atoms with E-state index in [0.717, 1.165) is 32.4 Å². The molecule has 0 aromatic heterocycles. The Kier molecular flexibility index (Phi) is 4.56. The Labute approximate surface area is 115 Å². The number of nitrogens with one attached hydrogen (secondary N) is 2. The molecule has 0 radical (unpaired) electrons. The zero-order valence-electron chi connectivity index (χ0n) is 11.8. The van der Waals surface area contributed by atoms with Gasteiger partial charge in [0.05, 0.1) is 5.41 Å². The number of nitrogens with zero attached hydrogens (tertiary/aromatic N) is 1. The second-order valence-electron chi connectivity index (χ2n) is 5.56. The summed E-state index contributed by atoms with van der Waals surface area (Å²) in [7, 11) is 3.70. The quantitative estimate of drug-likeness (QED) is 0.800. The molecule has 0 bridgehead atoms. The number of hydrazine groups is 1. The van der Waals surface area contributed by atoms with Crippen LogP contribution in [0.2, 0.25) is 0 Å². The molecule has 1 aromatic rings. The van der Waals surface area contributed by atoms with Crippen LogP contribution in [0.15, 0.2) is 30.3 Å². The predicted octanol–water partition coefficient (Wildman–Crippen LogP) is 1.19. The third-order valence-corrected chi connectivity index (χ3v) is 3.66. The van der Waals surface area contributed by atoms with Crippen LogP contribution in [0.25, 0.3) is 0 Å². The number of rotatable bonds is 4. The van der Waals surface area contributed by atoms with Gasteiger partial charge in [-0.2, -0.15) is 0 Å². The molecule has 1 heterocycles. The lowest BCUT2D eigenvalue weighted by Crippen LogP contribution is -2.54. The fraction of sp³-hybridized carbons (Fsp3) is 0.533. The van der Waals surface area contributed by atoms with Gasteiger partial charge in [0, 0.05) is 20.6 Å². The number of hydrogen-bond donors (Lipinski definition) is 2. The standard InChI is InChI=1S/C15H23N3O/c1-18(2)17-14(19)15(9-6-10-16-12-15)11-13-7-4-3-5-8-13/h3-5,7-8,16H,6,9-12H2,1-2H3,(H,17,19)/t15-/m1/s1. The van der Waals surface area contributed by atoms with E-state index in [-0.39, 0.29) is 11.3 Å². The SMILES string of the molecule is CN(C)NC(=O)[C@@]1(Cc2ccccc2)CCCNC1. The largest absolute Gasteiger partial charge is 0.316 e. The number of carbonyl (C=O) groups excluding carboxylic acids is 1. The van der Waals surface area contributed by atoms with E-state index in [4.69, 9.17) is 0 Å². The number of amides is 1. The smallest absolute Gasteiger partial charge is 0.242 e. The highest BCUT2D eigenvalue weighted by Gasteiger charge is 2.39. The summed E-state index contributed by atoms with van der Waals surface area (Å²) in [6.07, 6.45) is 2.78. The van der Waals surface area contributed by atoms with Gasteiger partial charge in [-0.15, -0.1) is 0 Å². The Morgan fingerprint density at radius 3 is 2.68 bits per heavy atom. The van der Waals surface area contributed by atoms with Crippen molar-refractivity contribution in [2.24, 2.45) is 5.41 Å². The molecule has 19 heavy (non-hydrogen) atoms. The molecular weight excluding hydrogens is 238 g/mol. The molecule has 0 unspecified atom stereocenters. The van der Waals surface area contributed by atoms with Gasteiger partial charge in [0.25, 0.3) is 0 Å². The molecule has 4 heteroatoms. The Morgan fingerprint density at radius 1 is 1.37 bits per heavy atom. The minimum Gasteiger partial charge on any atom is -0.316 e. The second kappa shape index (κ2) is 6.17. The fourth-order valence-electron chi connectivity index (χ4n) is 2.70. The van der Waals surface area contributed by atoms with E-state index in [9.17, 15) is 4.79 Å². The molecule has 1 aliphatic rings. The Morgan fingerprint density at radius 2 is 2.11 bits per heavy atom. The zero-order chi connectivity index (χ0) is 13.7. The molecule has 2 rings (SSSR count). The number of hydrogen-bond acceptors (Lipinski definition) is 3. The lowest BCUT2D eigenvalue weighted by Gasteiger charge is -2.37. The van der Waals surface area contributed by atoms with E-state index in [0.29, 0.717) is 0 Å². The summed E-state index contributed by atoms with van der Waals surface area (Å²) in [6.45, 7) is 1.76. The van der Waals surface area contributed by atoms with Crippen LogP contribution in [-0.2, 0) is 11.2 Å². The van der Waals surface area contributed by atoms with Gasteiger partial charge in [0.1, 0.15) is 0 Å². The third-order valence-electron chi connectivity index (χ3n) is 3.66. The molecule has 0 saturated carbocycles. The molecule has 1 aliphatic heterocycles. The van der Waals surface area contributed by atoms with Crippen molar-refractivity contribution in [1.29, 1.82) is 0 Å². The van der Waals surface area contributed by atoms with Crippen molar-refractivity contribution in [3.05, 3.63) is 35.9 Å². The van der Waals surface area contributed by atoms with E-state index in [1.54, 1.807) is 5.01 Å². The van der Waals surface area contributed by atoms with E-state index < -0.39 is 0 Å². The van der Waals surface area contributed by atoms with Gasteiger partial charge in [-0.25, -0.2) is 5.01 Å². The first-order chi connectivity index (χ1) is 9.12. The first-order valence-corrected chi connectivity index (χ1v) is 6.85. The molecule has 1 fully saturated rings. The van der Waals surface area contributed by atoms with E-state index in [2.05, 4.69) is 22.9 Å². The van der Waals surface area contributed by atoms with Gasteiger partial charge in [0.15, 0.2) is 0 Å². The van der Waals surface area contributed by atoms with Crippen LogP contribution in [0.4, 0.5) is 0 Å². The molecule has 2 N–H and O–H groups in total. The minimum absolute atomic E-state index is 0.119. The van der Waals surface area contributed by atoms with Crippen molar-refractivity contribution in [3.8, 4) is 0 Å². The molecule has 1 saturated heterocycles. The Bertz CT molecular complexity index is 411. The maximum absolute atomic E-state index is 12.5. The van der Waals surface area contributed by atoms with Crippen LogP contribution in [0, 0.1) is 5.41 Å². The van der Waals surface area contributed by atoms with Crippen molar-refractivity contribution in [3.63, 3.8) is 0 Å². The first-order valence-electron chi connectivity index (χ1n) is 6.85. The number of piperidine rings is 1. The molecule has 0 aliphatic carbocycles. The fourth-order valence-corrected chi connectivity index (χ4v) is 2.70. The summed E-state index contributed by atoms with van der Waals surface area (Å²) < 4.78 is 0. The molecule has 1 amide bonds. The van der Waals surface area contributed by atoms with Crippen LogP contribution in [0.1, 0.15) is 18.4 Å². The highest BCUT2D eigenvalue weighted by molar-refractivity contribution is 5.83. The van der Waals surface area contributed by atoms with Gasteiger partial charge in [-0.3, -0.25) is 10.2 Å². The maximum Gasteiger partial charge on any atom is 0.242 e. The average Bonchev–Trinajstić information content (AvgIpc) is 2.40. The van der Waals surface area contributed by atoms with Gasteiger partial charge in [-0.05, 0) is 31.4 Å². The highest BCUT2D eigenvalue weighted by Crippen LogP contribution is 2.31. The summed E-state index contributed by atoms with van der Waals surface area (Å²) in [5, 5.41) is 5.10. The number of benzene rings is 1. The molecule has 104 valence electrons. The summed E-state index contributed by atoms with van der Waals surface area (Å²) in [6, 6.07) is 10.3. The van der Waals surface area contributed by atoms with E-state index in [1.807, 2.05) is 32.3 Å². The number of carbonyl (C=O) groups is 1. The summed E-state index contributed by atoms with van der Waals surface area (Å²) in [5.74, 6) is 0.119. The lowest BCUT2D eigenvalue weighted by molar-refractivity contribution is -0.136. The normalized spacial score (nSPS) is 23.3. The van der Waals surface area contributed by atoms with Gasteiger partial charge >= 0.3 is 0 Å². The monoisotopic (exact) mass is 261 g/mol. The summed E-state index contributed by atoms with van der Waals surface area (Å²) in [5.41, 5.74) is 3.82. The maximum atomic E-state index is 12.5. The Balaban J connectivity index is 2.17. The third kappa shape index (κ3) is 3.55. The van der Waals surface area contributed by atoms with E-state index >= 15 is 0 Å². The van der Waals surface area contributed by atoms with Crippen LogP contribution >= 0.6 is 0 Å². The molecule has 1 aromatic carbocycles.